The summed E-state index contributed by atoms with van der Waals surface area (Å²) < 4.78 is 7.59. The number of imidazole rings is 1. The van der Waals surface area contributed by atoms with E-state index in [4.69, 9.17) is 9.72 Å². The number of nitrogens with zero attached hydrogens (tertiary/aromatic N) is 5. The first-order valence-corrected chi connectivity index (χ1v) is 12.1. The van der Waals surface area contributed by atoms with E-state index >= 15 is 0 Å². The molecule has 0 aliphatic carbocycles. The summed E-state index contributed by atoms with van der Waals surface area (Å²) in [5.41, 5.74) is 6.87. The van der Waals surface area contributed by atoms with E-state index in [0.717, 1.165) is 57.8 Å². The number of hydrogen-bond acceptors (Lipinski definition) is 7. The molecule has 1 amide bonds. The van der Waals surface area contributed by atoms with Gasteiger partial charge >= 0.3 is 0 Å². The molecule has 1 aliphatic rings. The minimum absolute atomic E-state index is 0.277. The monoisotopic (exact) mass is 474 g/mol. The van der Waals surface area contributed by atoms with Crippen LogP contribution in [0, 0.1) is 6.92 Å². The standard InChI is InChI=1S/C25H26N6O2S/c1-3-31-17(2)27-20-15-19(9-10-21(20)31)24(32)29-26-16-22-23(18-7-5-4-6-8-18)28-25(34-22)30-11-13-33-14-12-30/h4-10,15-16H,3,11-14H2,1-2H3,(H,29,32)/b26-16-. The van der Waals surface area contributed by atoms with Gasteiger partial charge in [-0.2, -0.15) is 5.10 Å². The fraction of sp³-hybridized carbons (Fsp3) is 0.280. The van der Waals surface area contributed by atoms with Gasteiger partial charge in [-0.1, -0.05) is 41.7 Å². The molecule has 9 heteroatoms. The lowest BCUT2D eigenvalue weighted by Crippen LogP contribution is -2.36. The second kappa shape index (κ2) is 9.74. The number of aryl methyl sites for hydroxylation is 2. The van der Waals surface area contributed by atoms with Gasteiger partial charge in [-0.3, -0.25) is 4.79 Å². The highest BCUT2D eigenvalue weighted by molar-refractivity contribution is 7.17. The Morgan fingerprint density at radius 1 is 1.18 bits per heavy atom. The van der Waals surface area contributed by atoms with Crippen LogP contribution in [0.15, 0.2) is 53.6 Å². The summed E-state index contributed by atoms with van der Waals surface area (Å²) in [5, 5.41) is 5.19. The number of morpholine rings is 1. The molecule has 0 saturated carbocycles. The van der Waals surface area contributed by atoms with Crippen molar-refractivity contribution >= 4 is 39.6 Å². The minimum Gasteiger partial charge on any atom is -0.378 e. The van der Waals surface area contributed by atoms with Gasteiger partial charge in [0.25, 0.3) is 5.91 Å². The third-order valence-corrected chi connectivity index (χ3v) is 6.89. The van der Waals surface area contributed by atoms with Crippen LogP contribution in [-0.2, 0) is 11.3 Å². The maximum Gasteiger partial charge on any atom is 0.271 e. The number of hydrazone groups is 1. The molecule has 0 unspecified atom stereocenters. The Morgan fingerprint density at radius 3 is 2.74 bits per heavy atom. The predicted octanol–water partition coefficient (Wildman–Crippen LogP) is 4.09. The van der Waals surface area contributed by atoms with Crippen molar-refractivity contribution in [3.63, 3.8) is 0 Å². The molecule has 8 nitrogen and oxygen atoms in total. The van der Waals surface area contributed by atoms with Crippen LogP contribution in [0.1, 0.15) is 28.0 Å². The summed E-state index contributed by atoms with van der Waals surface area (Å²) in [6.07, 6.45) is 1.68. The molecule has 174 valence electrons. The normalized spacial score (nSPS) is 14.2. The SMILES string of the molecule is CCn1c(C)nc2cc(C(=O)N/N=C\c3sc(N4CCOCC4)nc3-c3ccccc3)ccc21. The largest absolute Gasteiger partial charge is 0.378 e. The average Bonchev–Trinajstić information content (AvgIpc) is 3.44. The zero-order valence-corrected chi connectivity index (χ0v) is 20.0. The number of fused-ring (bicyclic) bond motifs is 1. The molecule has 2 aromatic heterocycles. The number of rotatable bonds is 6. The summed E-state index contributed by atoms with van der Waals surface area (Å²) in [6, 6.07) is 15.6. The Balaban J connectivity index is 1.37. The van der Waals surface area contributed by atoms with E-state index in [0.29, 0.717) is 18.8 Å². The second-order valence-corrected chi connectivity index (χ2v) is 8.99. The highest BCUT2D eigenvalue weighted by Gasteiger charge is 2.19. The lowest BCUT2D eigenvalue weighted by Gasteiger charge is -2.26. The first-order valence-electron chi connectivity index (χ1n) is 11.3. The number of carbonyl (C=O) groups is 1. The van der Waals surface area contributed by atoms with Crippen LogP contribution in [0.3, 0.4) is 0 Å². The van der Waals surface area contributed by atoms with Gasteiger partial charge in [-0.05, 0) is 32.0 Å². The predicted molar refractivity (Wildman–Crippen MR) is 136 cm³/mol. The van der Waals surface area contributed by atoms with Crippen LogP contribution in [0.4, 0.5) is 5.13 Å². The third-order valence-electron chi connectivity index (χ3n) is 5.84. The molecular formula is C25H26N6O2S. The van der Waals surface area contributed by atoms with E-state index in [-0.39, 0.29) is 5.91 Å². The minimum atomic E-state index is -0.277. The Morgan fingerprint density at radius 2 is 1.97 bits per heavy atom. The summed E-state index contributed by atoms with van der Waals surface area (Å²) >= 11 is 1.56. The summed E-state index contributed by atoms with van der Waals surface area (Å²) in [6.45, 7) is 7.90. The van der Waals surface area contributed by atoms with E-state index in [1.807, 2.05) is 43.3 Å². The van der Waals surface area contributed by atoms with Gasteiger partial charge in [0.1, 0.15) is 5.82 Å². The van der Waals surface area contributed by atoms with E-state index < -0.39 is 0 Å². The van der Waals surface area contributed by atoms with Gasteiger partial charge in [-0.25, -0.2) is 15.4 Å². The van der Waals surface area contributed by atoms with Crippen LogP contribution in [-0.4, -0.2) is 53.0 Å². The maximum atomic E-state index is 12.8. The summed E-state index contributed by atoms with van der Waals surface area (Å²) in [7, 11) is 0. The summed E-state index contributed by atoms with van der Waals surface area (Å²) in [4.78, 5) is 25.3. The number of nitrogens with one attached hydrogen (secondary N) is 1. The molecule has 0 atom stereocenters. The van der Waals surface area contributed by atoms with Crippen LogP contribution in [0.5, 0.6) is 0 Å². The number of thiazole rings is 1. The number of ether oxygens (including phenoxy) is 1. The molecule has 3 heterocycles. The van der Waals surface area contributed by atoms with Crippen molar-refractivity contribution in [1.82, 2.24) is 20.0 Å². The highest BCUT2D eigenvalue weighted by Crippen LogP contribution is 2.32. The molecule has 2 aromatic carbocycles. The molecule has 0 radical (unpaired) electrons. The first-order chi connectivity index (χ1) is 16.6. The van der Waals surface area contributed by atoms with Gasteiger partial charge in [0.2, 0.25) is 0 Å². The van der Waals surface area contributed by atoms with Crippen molar-refractivity contribution < 1.29 is 9.53 Å². The zero-order chi connectivity index (χ0) is 23.5. The molecule has 34 heavy (non-hydrogen) atoms. The van der Waals surface area contributed by atoms with Gasteiger partial charge in [-0.15, -0.1) is 0 Å². The Bertz CT molecular complexity index is 1340. The Hall–Kier alpha value is -3.56. The third kappa shape index (κ3) is 4.44. The fourth-order valence-electron chi connectivity index (χ4n) is 4.11. The average molecular weight is 475 g/mol. The number of anilines is 1. The quantitative estimate of drug-likeness (QED) is 0.336. The Labute approximate surface area is 201 Å². The molecule has 1 saturated heterocycles. The van der Waals surface area contributed by atoms with E-state index in [1.54, 1.807) is 29.7 Å². The molecule has 0 bridgehead atoms. The van der Waals surface area contributed by atoms with Crippen LogP contribution < -0.4 is 10.3 Å². The molecular weight excluding hydrogens is 448 g/mol. The fourth-order valence-corrected chi connectivity index (χ4v) is 5.12. The van der Waals surface area contributed by atoms with Crippen molar-refractivity contribution in [1.29, 1.82) is 0 Å². The molecule has 5 rings (SSSR count). The molecule has 1 N–H and O–H groups in total. The molecule has 1 aliphatic heterocycles. The number of aromatic nitrogens is 3. The van der Waals surface area contributed by atoms with E-state index in [2.05, 4.69) is 31.9 Å². The van der Waals surface area contributed by atoms with Crippen molar-refractivity contribution in [2.24, 2.45) is 5.10 Å². The van der Waals surface area contributed by atoms with Gasteiger partial charge in [0.05, 0.1) is 41.0 Å². The maximum absolute atomic E-state index is 12.8. The van der Waals surface area contributed by atoms with Crippen molar-refractivity contribution in [2.75, 3.05) is 31.2 Å². The van der Waals surface area contributed by atoms with E-state index in [9.17, 15) is 4.79 Å². The van der Waals surface area contributed by atoms with Crippen molar-refractivity contribution in [3.8, 4) is 11.3 Å². The van der Waals surface area contributed by atoms with Crippen molar-refractivity contribution in [3.05, 3.63) is 64.8 Å². The second-order valence-electron chi connectivity index (χ2n) is 7.98. The Kier molecular flexibility index (Phi) is 6.37. The van der Waals surface area contributed by atoms with Crippen LogP contribution in [0.2, 0.25) is 0 Å². The molecule has 0 spiro atoms. The van der Waals surface area contributed by atoms with Gasteiger partial charge in [0.15, 0.2) is 5.13 Å². The van der Waals surface area contributed by atoms with Gasteiger partial charge in [0, 0.05) is 30.8 Å². The molecule has 1 fully saturated rings. The number of carbonyl (C=O) groups excluding carboxylic acids is 1. The highest BCUT2D eigenvalue weighted by atomic mass is 32.1. The van der Waals surface area contributed by atoms with E-state index in [1.165, 1.54) is 0 Å². The summed E-state index contributed by atoms with van der Waals surface area (Å²) in [5.74, 6) is 0.656. The number of benzene rings is 2. The van der Waals surface area contributed by atoms with Gasteiger partial charge < -0.3 is 14.2 Å². The number of hydrogen-bond donors (Lipinski definition) is 1. The lowest BCUT2D eigenvalue weighted by atomic mass is 10.1. The zero-order valence-electron chi connectivity index (χ0n) is 19.2. The first kappa shape index (κ1) is 22.2. The lowest BCUT2D eigenvalue weighted by molar-refractivity contribution is 0.0955. The topological polar surface area (TPSA) is 84.6 Å². The molecule has 4 aromatic rings. The number of amides is 1. The smallest absolute Gasteiger partial charge is 0.271 e. The van der Waals surface area contributed by atoms with Crippen LogP contribution in [0.25, 0.3) is 22.3 Å². The van der Waals surface area contributed by atoms with Crippen molar-refractivity contribution in [2.45, 2.75) is 20.4 Å². The van der Waals surface area contributed by atoms with Crippen LogP contribution >= 0.6 is 11.3 Å².